The van der Waals surface area contributed by atoms with Crippen molar-refractivity contribution in [1.82, 2.24) is 10.3 Å². The average molecular weight is 343 g/mol. The van der Waals surface area contributed by atoms with E-state index in [-0.39, 0.29) is 11.9 Å². The van der Waals surface area contributed by atoms with Crippen molar-refractivity contribution in [2.75, 3.05) is 6.54 Å². The molecule has 1 aromatic carbocycles. The van der Waals surface area contributed by atoms with Crippen molar-refractivity contribution in [1.29, 1.82) is 0 Å². The molecule has 1 heterocycles. The lowest BCUT2D eigenvalue weighted by Gasteiger charge is -2.04. The Morgan fingerprint density at radius 3 is 2.90 bits per heavy atom. The van der Waals surface area contributed by atoms with E-state index in [9.17, 15) is 4.39 Å². The summed E-state index contributed by atoms with van der Waals surface area (Å²) in [7, 11) is 0. The van der Waals surface area contributed by atoms with Crippen LogP contribution in [0.2, 0.25) is 0 Å². The number of benzene rings is 1. The number of hydrogen-bond acceptors (Lipinski definition) is 4. The normalized spacial score (nSPS) is 11.1. The second-order valence-electron chi connectivity index (χ2n) is 4.84. The van der Waals surface area contributed by atoms with Gasteiger partial charge in [0.2, 0.25) is 0 Å². The summed E-state index contributed by atoms with van der Waals surface area (Å²) in [6.07, 6.45) is 1.63. The summed E-state index contributed by atoms with van der Waals surface area (Å²) in [5.74, 6) is 0.516. The Hall–Kier alpha value is -1.40. The topological polar surface area (TPSA) is 47.3 Å². The van der Waals surface area contributed by atoms with Gasteiger partial charge < -0.3 is 14.5 Å². The summed E-state index contributed by atoms with van der Waals surface area (Å²) in [5.41, 5.74) is 0.746. The molecule has 0 radical (unpaired) electrons. The molecule has 0 saturated carbocycles. The van der Waals surface area contributed by atoms with Gasteiger partial charge in [-0.1, -0.05) is 29.8 Å². The molecule has 0 aliphatic carbocycles. The van der Waals surface area contributed by atoms with Crippen LogP contribution in [0.4, 0.5) is 4.39 Å². The molecule has 1 N–H and O–H groups in total. The molecule has 6 heteroatoms. The summed E-state index contributed by atoms with van der Waals surface area (Å²) in [5, 5.41) is 3.25. The van der Waals surface area contributed by atoms with Gasteiger partial charge in [-0.3, -0.25) is 0 Å². The molecular formula is C14H16BrFN2O2. The minimum atomic E-state index is -0.389. The first kappa shape index (κ1) is 15.0. The zero-order valence-electron chi connectivity index (χ0n) is 11.3. The van der Waals surface area contributed by atoms with Crippen LogP contribution >= 0.6 is 15.9 Å². The lowest BCUT2D eigenvalue weighted by molar-refractivity contribution is 0.329. The third-order valence-electron chi connectivity index (χ3n) is 2.43. The first-order chi connectivity index (χ1) is 9.52. The van der Waals surface area contributed by atoms with Crippen LogP contribution in [0.15, 0.2) is 33.4 Å². The third-order valence-corrected chi connectivity index (χ3v) is 2.89. The van der Waals surface area contributed by atoms with Gasteiger partial charge in [0, 0.05) is 17.1 Å². The summed E-state index contributed by atoms with van der Waals surface area (Å²) >= 11 is 3.20. The fraction of sp³-hybridized carbons (Fsp3) is 0.357. The lowest BCUT2D eigenvalue weighted by atomic mass is 10.2. The zero-order chi connectivity index (χ0) is 14.5. The van der Waals surface area contributed by atoms with Crippen molar-refractivity contribution in [3.63, 3.8) is 0 Å². The van der Waals surface area contributed by atoms with E-state index in [1.807, 2.05) is 0 Å². The molecule has 4 nitrogen and oxygen atoms in total. The quantitative estimate of drug-likeness (QED) is 0.857. The highest BCUT2D eigenvalue weighted by Crippen LogP contribution is 2.25. The van der Waals surface area contributed by atoms with Gasteiger partial charge in [-0.2, -0.15) is 4.98 Å². The van der Waals surface area contributed by atoms with E-state index < -0.39 is 0 Å². The molecule has 0 saturated heterocycles. The van der Waals surface area contributed by atoms with E-state index in [1.54, 1.807) is 6.07 Å². The molecular weight excluding hydrogens is 327 g/mol. The van der Waals surface area contributed by atoms with Gasteiger partial charge in [-0.05, 0) is 24.6 Å². The molecule has 0 spiro atoms. The van der Waals surface area contributed by atoms with Crippen molar-refractivity contribution in [2.45, 2.75) is 20.4 Å². The van der Waals surface area contributed by atoms with E-state index in [0.717, 1.165) is 12.2 Å². The third kappa shape index (κ3) is 4.61. The molecule has 0 aliphatic rings. The van der Waals surface area contributed by atoms with Crippen LogP contribution in [0.25, 0.3) is 0 Å². The van der Waals surface area contributed by atoms with E-state index >= 15 is 0 Å². The monoisotopic (exact) mass is 342 g/mol. The van der Waals surface area contributed by atoms with Crippen molar-refractivity contribution >= 4 is 15.9 Å². The van der Waals surface area contributed by atoms with Gasteiger partial charge in [0.05, 0.1) is 5.69 Å². The smallest absolute Gasteiger partial charge is 0.399 e. The lowest BCUT2D eigenvalue weighted by Crippen LogP contribution is -2.19. The van der Waals surface area contributed by atoms with E-state index in [0.29, 0.717) is 22.7 Å². The summed E-state index contributed by atoms with van der Waals surface area (Å²) in [6.45, 7) is 5.77. The second-order valence-corrected chi connectivity index (χ2v) is 5.75. The number of aromatic nitrogens is 1. The average Bonchev–Trinajstić information content (AvgIpc) is 2.74. The molecule has 0 atom stereocenters. The number of ether oxygens (including phenoxy) is 1. The number of rotatable bonds is 6. The van der Waals surface area contributed by atoms with Crippen LogP contribution in [0, 0.1) is 11.7 Å². The van der Waals surface area contributed by atoms with E-state index in [2.05, 4.69) is 40.1 Å². The Kier molecular flexibility index (Phi) is 5.14. The molecule has 1 aromatic heterocycles. The highest BCUT2D eigenvalue weighted by molar-refractivity contribution is 9.10. The fourth-order valence-electron chi connectivity index (χ4n) is 1.59. The Morgan fingerprint density at radius 2 is 2.20 bits per heavy atom. The van der Waals surface area contributed by atoms with Crippen molar-refractivity contribution < 1.29 is 13.5 Å². The zero-order valence-corrected chi connectivity index (χ0v) is 12.9. The highest BCUT2D eigenvalue weighted by atomic mass is 79.9. The molecule has 0 amide bonds. The van der Waals surface area contributed by atoms with Gasteiger partial charge in [-0.15, -0.1) is 0 Å². The molecule has 0 bridgehead atoms. The largest absolute Gasteiger partial charge is 0.417 e. The van der Waals surface area contributed by atoms with Gasteiger partial charge in [0.15, 0.2) is 0 Å². The molecule has 0 unspecified atom stereocenters. The van der Waals surface area contributed by atoms with Crippen LogP contribution in [0.3, 0.4) is 0 Å². The Morgan fingerprint density at radius 1 is 1.40 bits per heavy atom. The van der Waals surface area contributed by atoms with Gasteiger partial charge in [0.1, 0.15) is 17.8 Å². The molecule has 2 rings (SSSR count). The first-order valence-electron chi connectivity index (χ1n) is 6.32. The maximum atomic E-state index is 13.2. The van der Waals surface area contributed by atoms with Gasteiger partial charge >= 0.3 is 6.08 Å². The van der Waals surface area contributed by atoms with Crippen LogP contribution < -0.4 is 10.1 Å². The fourth-order valence-corrected chi connectivity index (χ4v) is 2.04. The Balaban J connectivity index is 1.95. The SMILES string of the molecule is CC(C)CNCc1coc(Oc2cc(F)cc(Br)c2)n1. The Labute approximate surface area is 125 Å². The minimum Gasteiger partial charge on any atom is -0.417 e. The molecule has 0 fully saturated rings. The second kappa shape index (κ2) is 6.85. The van der Waals surface area contributed by atoms with Crippen molar-refractivity contribution in [2.24, 2.45) is 5.92 Å². The maximum Gasteiger partial charge on any atom is 0.399 e. The van der Waals surface area contributed by atoms with Crippen molar-refractivity contribution in [3.8, 4) is 11.8 Å². The number of nitrogens with one attached hydrogen (secondary N) is 1. The summed E-state index contributed by atoms with van der Waals surface area (Å²) in [6, 6.07) is 4.26. The number of nitrogens with zero attached hydrogens (tertiary/aromatic N) is 1. The predicted octanol–water partition coefficient (Wildman–Crippen LogP) is 4.11. The highest BCUT2D eigenvalue weighted by Gasteiger charge is 2.08. The van der Waals surface area contributed by atoms with Crippen LogP contribution in [0.5, 0.6) is 11.8 Å². The minimum absolute atomic E-state index is 0.101. The van der Waals surface area contributed by atoms with Crippen LogP contribution in [-0.2, 0) is 6.54 Å². The molecule has 0 aliphatic heterocycles. The van der Waals surface area contributed by atoms with Crippen LogP contribution in [-0.4, -0.2) is 11.5 Å². The van der Waals surface area contributed by atoms with E-state index in [4.69, 9.17) is 9.15 Å². The van der Waals surface area contributed by atoms with Gasteiger partial charge in [-0.25, -0.2) is 4.39 Å². The first-order valence-corrected chi connectivity index (χ1v) is 7.11. The maximum absolute atomic E-state index is 13.2. The Bertz CT molecular complexity index is 552. The summed E-state index contributed by atoms with van der Waals surface area (Å²) < 4.78 is 24.4. The van der Waals surface area contributed by atoms with Crippen LogP contribution in [0.1, 0.15) is 19.5 Å². The number of hydrogen-bond donors (Lipinski definition) is 1. The molecule has 20 heavy (non-hydrogen) atoms. The standard InChI is InChI=1S/C14H16BrFN2O2/c1-9(2)6-17-7-12-8-19-14(18-12)20-13-4-10(15)3-11(16)5-13/h3-5,8-9,17H,6-7H2,1-2H3. The molecule has 2 aromatic rings. The van der Waals surface area contributed by atoms with Crippen molar-refractivity contribution in [3.05, 3.63) is 40.4 Å². The number of oxazole rings is 1. The van der Waals surface area contributed by atoms with Gasteiger partial charge in [0.25, 0.3) is 0 Å². The molecule has 108 valence electrons. The number of halogens is 2. The summed E-state index contributed by atoms with van der Waals surface area (Å²) in [4.78, 5) is 4.17. The predicted molar refractivity (Wildman–Crippen MR) is 77.2 cm³/mol. The van der Waals surface area contributed by atoms with E-state index in [1.165, 1.54) is 18.4 Å².